The molecule has 0 saturated carbocycles. The van der Waals surface area contributed by atoms with E-state index in [-0.39, 0.29) is 30.9 Å². The number of halogens is 2. The van der Waals surface area contributed by atoms with Gasteiger partial charge in [0, 0.05) is 24.8 Å². The minimum absolute atomic E-state index is 0. The predicted molar refractivity (Wildman–Crippen MR) is 84.2 cm³/mol. The quantitative estimate of drug-likeness (QED) is 0.898. The molecule has 0 bridgehead atoms. The van der Waals surface area contributed by atoms with E-state index in [1.807, 2.05) is 6.92 Å². The molecule has 1 unspecified atom stereocenters. The van der Waals surface area contributed by atoms with Gasteiger partial charge >= 0.3 is 0 Å². The van der Waals surface area contributed by atoms with Gasteiger partial charge in [-0.05, 0) is 43.4 Å². The van der Waals surface area contributed by atoms with Gasteiger partial charge in [-0.1, -0.05) is 19.1 Å². The number of rotatable bonds is 2. The van der Waals surface area contributed by atoms with Gasteiger partial charge in [0.25, 0.3) is 0 Å². The van der Waals surface area contributed by atoms with Crippen LogP contribution in [0.5, 0.6) is 0 Å². The van der Waals surface area contributed by atoms with Gasteiger partial charge < -0.3 is 10.6 Å². The second-order valence-electron chi connectivity index (χ2n) is 5.05. The van der Waals surface area contributed by atoms with E-state index in [2.05, 4.69) is 36.1 Å². The lowest BCUT2D eigenvalue weighted by Crippen LogP contribution is -2.32. The Balaban J connectivity index is 0.00000144. The highest BCUT2D eigenvalue weighted by atomic mass is 35.5. The van der Waals surface area contributed by atoms with E-state index < -0.39 is 0 Å². The van der Waals surface area contributed by atoms with E-state index in [1.165, 1.54) is 37.2 Å². The van der Waals surface area contributed by atoms with Crippen LogP contribution in [0.4, 0.5) is 5.69 Å². The van der Waals surface area contributed by atoms with Crippen molar-refractivity contribution >= 4 is 30.5 Å². The van der Waals surface area contributed by atoms with E-state index in [1.54, 1.807) is 0 Å². The van der Waals surface area contributed by atoms with Gasteiger partial charge in [-0.15, -0.1) is 24.8 Å². The van der Waals surface area contributed by atoms with E-state index >= 15 is 0 Å². The van der Waals surface area contributed by atoms with Crippen LogP contribution >= 0.6 is 24.8 Å². The van der Waals surface area contributed by atoms with Gasteiger partial charge in [-0.2, -0.15) is 0 Å². The molecule has 0 radical (unpaired) electrons. The summed E-state index contributed by atoms with van der Waals surface area (Å²) < 4.78 is 0. The molecule has 104 valence electrons. The number of benzene rings is 1. The fourth-order valence-corrected chi connectivity index (χ4v) is 2.26. The zero-order valence-electron chi connectivity index (χ0n) is 11.1. The van der Waals surface area contributed by atoms with Crippen molar-refractivity contribution in [2.24, 2.45) is 11.7 Å². The van der Waals surface area contributed by atoms with Crippen LogP contribution < -0.4 is 10.6 Å². The summed E-state index contributed by atoms with van der Waals surface area (Å²) in [7, 11) is 0. The van der Waals surface area contributed by atoms with Gasteiger partial charge in [0.1, 0.15) is 0 Å². The summed E-state index contributed by atoms with van der Waals surface area (Å²) in [6.45, 7) is 6.76. The Labute approximate surface area is 123 Å². The second-order valence-corrected chi connectivity index (χ2v) is 5.05. The fraction of sp³-hybridized carbons (Fsp3) is 0.571. The Morgan fingerprint density at radius 3 is 2.06 bits per heavy atom. The normalized spacial score (nSPS) is 17.6. The Bertz CT molecular complexity index is 330. The van der Waals surface area contributed by atoms with Crippen molar-refractivity contribution in [3.8, 4) is 0 Å². The molecule has 0 amide bonds. The van der Waals surface area contributed by atoms with Crippen LogP contribution in [0, 0.1) is 5.92 Å². The van der Waals surface area contributed by atoms with Crippen molar-refractivity contribution in [3.05, 3.63) is 29.8 Å². The lowest BCUT2D eigenvalue weighted by atomic mass is 9.98. The lowest BCUT2D eigenvalue weighted by Gasteiger charge is -2.32. The number of piperidine rings is 1. The van der Waals surface area contributed by atoms with Crippen LogP contribution in [0.3, 0.4) is 0 Å². The van der Waals surface area contributed by atoms with Crippen LogP contribution in [-0.4, -0.2) is 13.1 Å². The zero-order chi connectivity index (χ0) is 11.5. The predicted octanol–water partition coefficient (Wildman–Crippen LogP) is 3.79. The standard InChI is InChI=1S/C14H22N2.2ClH/c1-11-7-9-16(10-8-11)14-5-3-13(4-6-14)12(2)15;;/h3-6,11-12H,7-10,15H2,1-2H3;2*1H. The third-order valence-electron chi connectivity index (χ3n) is 3.57. The first-order valence-electron chi connectivity index (χ1n) is 6.27. The summed E-state index contributed by atoms with van der Waals surface area (Å²) in [5.74, 6) is 0.889. The third kappa shape index (κ3) is 4.34. The van der Waals surface area contributed by atoms with E-state index in [9.17, 15) is 0 Å². The number of hydrogen-bond donors (Lipinski definition) is 1. The van der Waals surface area contributed by atoms with Crippen molar-refractivity contribution in [1.82, 2.24) is 0 Å². The van der Waals surface area contributed by atoms with Crippen molar-refractivity contribution in [3.63, 3.8) is 0 Å². The van der Waals surface area contributed by atoms with Crippen molar-refractivity contribution < 1.29 is 0 Å². The molecule has 1 aromatic rings. The molecular formula is C14H24Cl2N2. The molecular weight excluding hydrogens is 267 g/mol. The maximum atomic E-state index is 5.85. The molecule has 0 aromatic heterocycles. The Kier molecular flexibility index (Phi) is 7.69. The first-order chi connectivity index (χ1) is 7.66. The molecule has 2 N–H and O–H groups in total. The highest BCUT2D eigenvalue weighted by molar-refractivity contribution is 5.85. The van der Waals surface area contributed by atoms with Crippen LogP contribution in [0.15, 0.2) is 24.3 Å². The van der Waals surface area contributed by atoms with Gasteiger partial charge in [-0.25, -0.2) is 0 Å². The lowest BCUT2D eigenvalue weighted by molar-refractivity contribution is 0.438. The minimum atomic E-state index is 0. The molecule has 1 aliphatic heterocycles. The van der Waals surface area contributed by atoms with E-state index in [4.69, 9.17) is 5.73 Å². The number of nitrogens with two attached hydrogens (primary N) is 1. The molecule has 0 aliphatic carbocycles. The third-order valence-corrected chi connectivity index (χ3v) is 3.57. The van der Waals surface area contributed by atoms with Gasteiger partial charge in [0.2, 0.25) is 0 Å². The summed E-state index contributed by atoms with van der Waals surface area (Å²) >= 11 is 0. The smallest absolute Gasteiger partial charge is 0.0366 e. The molecule has 1 atom stereocenters. The molecule has 2 rings (SSSR count). The summed E-state index contributed by atoms with van der Waals surface area (Å²) in [6, 6.07) is 8.84. The monoisotopic (exact) mass is 290 g/mol. The topological polar surface area (TPSA) is 29.3 Å². The Hall–Kier alpha value is -0.440. The maximum absolute atomic E-state index is 5.85. The molecule has 2 nitrogen and oxygen atoms in total. The van der Waals surface area contributed by atoms with Crippen molar-refractivity contribution in [2.75, 3.05) is 18.0 Å². The maximum Gasteiger partial charge on any atom is 0.0366 e. The summed E-state index contributed by atoms with van der Waals surface area (Å²) in [5, 5.41) is 0. The number of nitrogens with zero attached hydrogens (tertiary/aromatic N) is 1. The molecule has 1 fully saturated rings. The molecule has 1 aromatic carbocycles. The first-order valence-corrected chi connectivity index (χ1v) is 6.27. The fourth-order valence-electron chi connectivity index (χ4n) is 2.26. The summed E-state index contributed by atoms with van der Waals surface area (Å²) in [4.78, 5) is 2.48. The Morgan fingerprint density at radius 1 is 1.11 bits per heavy atom. The second kappa shape index (κ2) is 7.88. The van der Waals surface area contributed by atoms with E-state index in [0.29, 0.717) is 0 Å². The molecule has 4 heteroatoms. The largest absolute Gasteiger partial charge is 0.372 e. The van der Waals surface area contributed by atoms with Gasteiger partial charge in [0.15, 0.2) is 0 Å². The van der Waals surface area contributed by atoms with Gasteiger partial charge in [0.05, 0.1) is 0 Å². The van der Waals surface area contributed by atoms with Crippen molar-refractivity contribution in [2.45, 2.75) is 32.7 Å². The zero-order valence-corrected chi connectivity index (χ0v) is 12.8. The van der Waals surface area contributed by atoms with Crippen LogP contribution in [0.2, 0.25) is 0 Å². The van der Waals surface area contributed by atoms with Crippen molar-refractivity contribution in [1.29, 1.82) is 0 Å². The molecule has 18 heavy (non-hydrogen) atoms. The highest BCUT2D eigenvalue weighted by Gasteiger charge is 2.15. The van der Waals surface area contributed by atoms with E-state index in [0.717, 1.165) is 5.92 Å². The minimum Gasteiger partial charge on any atom is -0.372 e. The van der Waals surface area contributed by atoms with Gasteiger partial charge in [-0.3, -0.25) is 0 Å². The number of hydrogen-bond acceptors (Lipinski definition) is 2. The molecule has 1 aliphatic rings. The molecule has 0 spiro atoms. The molecule has 1 saturated heterocycles. The van der Waals surface area contributed by atoms with Crippen LogP contribution in [0.1, 0.15) is 38.3 Å². The summed E-state index contributed by atoms with van der Waals surface area (Å²) in [5.41, 5.74) is 8.41. The highest BCUT2D eigenvalue weighted by Crippen LogP contribution is 2.24. The molecule has 1 heterocycles. The van der Waals surface area contributed by atoms with Crippen LogP contribution in [-0.2, 0) is 0 Å². The Morgan fingerprint density at radius 2 is 1.61 bits per heavy atom. The first kappa shape index (κ1) is 17.6. The number of anilines is 1. The average Bonchev–Trinajstić information content (AvgIpc) is 2.30. The van der Waals surface area contributed by atoms with Crippen LogP contribution in [0.25, 0.3) is 0 Å². The summed E-state index contributed by atoms with van der Waals surface area (Å²) in [6.07, 6.45) is 2.63. The average molecular weight is 291 g/mol. The SMILES string of the molecule is CC1CCN(c2ccc(C(C)N)cc2)CC1.Cl.Cl.